The van der Waals surface area contributed by atoms with Crippen LogP contribution in [0.4, 0.5) is 0 Å². The van der Waals surface area contributed by atoms with Gasteiger partial charge >= 0.3 is 0 Å². The van der Waals surface area contributed by atoms with E-state index in [1.54, 1.807) is 0 Å². The van der Waals surface area contributed by atoms with Gasteiger partial charge in [0.2, 0.25) is 0 Å². The topological polar surface area (TPSA) is 68.4 Å². The minimum absolute atomic E-state index is 0.0258. The number of rotatable bonds is 5. The summed E-state index contributed by atoms with van der Waals surface area (Å²) in [7, 11) is -3.46. The lowest BCUT2D eigenvalue weighted by Gasteiger charge is -2.33. The number of H-pyrrole nitrogens is 1. The number of benzene rings is 1. The van der Waals surface area contributed by atoms with E-state index < -0.39 is 10.2 Å². The Morgan fingerprint density at radius 3 is 2.74 bits per heavy atom. The van der Waals surface area contributed by atoms with Gasteiger partial charge < -0.3 is 4.98 Å². The molecule has 3 rings (SSSR count). The van der Waals surface area contributed by atoms with Crippen molar-refractivity contribution in [1.82, 2.24) is 18.9 Å². The van der Waals surface area contributed by atoms with Gasteiger partial charge in [0.05, 0.1) is 6.54 Å². The summed E-state index contributed by atoms with van der Waals surface area (Å²) >= 11 is 0. The molecule has 0 radical (unpaired) electrons. The molecule has 0 amide bonds. The summed E-state index contributed by atoms with van der Waals surface area (Å²) in [6.07, 6.45) is 7.04. The van der Waals surface area contributed by atoms with Gasteiger partial charge in [0.1, 0.15) is 0 Å². The zero-order valence-electron chi connectivity index (χ0n) is 12.8. The molecule has 23 heavy (non-hydrogen) atoms. The summed E-state index contributed by atoms with van der Waals surface area (Å²) in [5.41, 5.74) is 2.38. The van der Waals surface area contributed by atoms with E-state index in [1.165, 1.54) is 15.3 Å². The zero-order chi connectivity index (χ0) is 16.3. The Balaban J connectivity index is 1.62. The molecular weight excluding hydrogens is 312 g/mol. The van der Waals surface area contributed by atoms with Crippen LogP contribution in [-0.4, -0.2) is 55.3 Å². The summed E-state index contributed by atoms with van der Waals surface area (Å²) < 4.78 is 28.0. The van der Waals surface area contributed by atoms with Crippen LogP contribution in [0.25, 0.3) is 10.9 Å². The van der Waals surface area contributed by atoms with Gasteiger partial charge in [0.15, 0.2) is 0 Å². The standard InChI is InChI=1S/C16H20N4O2S/c1-2-7-18-23(21,22)20-11-9-19(10-12-20)13-14-4-3-5-16-15(14)6-8-17-16/h1,3-6,8,17-18H,7,9-13H2. The van der Waals surface area contributed by atoms with Crippen LogP contribution in [-0.2, 0) is 16.8 Å². The molecule has 2 N–H and O–H groups in total. The number of piperazine rings is 1. The van der Waals surface area contributed by atoms with Gasteiger partial charge in [0.25, 0.3) is 10.2 Å². The third kappa shape index (κ3) is 3.57. The Morgan fingerprint density at radius 1 is 1.22 bits per heavy atom. The quantitative estimate of drug-likeness (QED) is 0.794. The number of fused-ring (bicyclic) bond motifs is 1. The van der Waals surface area contributed by atoms with Crippen LogP contribution in [0.15, 0.2) is 30.5 Å². The predicted octanol–water partition coefficient (Wildman–Crippen LogP) is 0.753. The lowest BCUT2D eigenvalue weighted by molar-refractivity contribution is 0.181. The number of aromatic nitrogens is 1. The first-order valence-corrected chi connectivity index (χ1v) is 9.00. The van der Waals surface area contributed by atoms with E-state index in [1.807, 2.05) is 12.3 Å². The highest BCUT2D eigenvalue weighted by Gasteiger charge is 2.26. The Labute approximate surface area is 136 Å². The molecule has 1 fully saturated rings. The molecule has 1 aliphatic rings. The van der Waals surface area contributed by atoms with E-state index >= 15 is 0 Å². The fraction of sp³-hybridized carbons (Fsp3) is 0.375. The molecule has 1 aromatic heterocycles. The Hall–Kier alpha value is -1.85. The first kappa shape index (κ1) is 16.0. The second-order valence-corrected chi connectivity index (χ2v) is 7.32. The number of nitrogens with one attached hydrogen (secondary N) is 2. The van der Waals surface area contributed by atoms with Crippen LogP contribution < -0.4 is 4.72 Å². The second kappa shape index (κ2) is 6.72. The molecule has 1 saturated heterocycles. The van der Waals surface area contributed by atoms with Crippen molar-refractivity contribution in [3.05, 3.63) is 36.0 Å². The average Bonchev–Trinajstić information content (AvgIpc) is 3.03. The highest BCUT2D eigenvalue weighted by atomic mass is 32.2. The minimum Gasteiger partial charge on any atom is -0.361 e. The van der Waals surface area contributed by atoms with Gasteiger partial charge in [-0.2, -0.15) is 17.4 Å². The highest BCUT2D eigenvalue weighted by molar-refractivity contribution is 7.87. The van der Waals surface area contributed by atoms with E-state index in [-0.39, 0.29) is 6.54 Å². The molecule has 7 heteroatoms. The number of hydrogen-bond acceptors (Lipinski definition) is 3. The minimum atomic E-state index is -3.46. The Bertz CT molecular complexity index is 814. The van der Waals surface area contributed by atoms with E-state index in [0.29, 0.717) is 26.2 Å². The van der Waals surface area contributed by atoms with Gasteiger partial charge in [-0.05, 0) is 17.7 Å². The maximum atomic E-state index is 12.0. The number of terminal acetylenes is 1. The van der Waals surface area contributed by atoms with Gasteiger partial charge in [-0.1, -0.05) is 18.1 Å². The molecule has 122 valence electrons. The van der Waals surface area contributed by atoms with Crippen LogP contribution in [0.3, 0.4) is 0 Å². The number of hydrogen-bond donors (Lipinski definition) is 2. The maximum absolute atomic E-state index is 12.0. The molecule has 2 heterocycles. The summed E-state index contributed by atoms with van der Waals surface area (Å²) in [4.78, 5) is 5.49. The van der Waals surface area contributed by atoms with E-state index in [0.717, 1.165) is 12.1 Å². The third-order valence-corrected chi connectivity index (χ3v) is 5.66. The fourth-order valence-electron chi connectivity index (χ4n) is 2.88. The zero-order valence-corrected chi connectivity index (χ0v) is 13.6. The number of aromatic amines is 1. The van der Waals surface area contributed by atoms with Crippen LogP contribution in [0.2, 0.25) is 0 Å². The van der Waals surface area contributed by atoms with Crippen LogP contribution >= 0.6 is 0 Å². The van der Waals surface area contributed by atoms with Crippen molar-refractivity contribution < 1.29 is 8.42 Å². The van der Waals surface area contributed by atoms with Crippen LogP contribution in [0.1, 0.15) is 5.56 Å². The summed E-state index contributed by atoms with van der Waals surface area (Å²) in [6.45, 7) is 3.21. The Morgan fingerprint density at radius 2 is 2.00 bits per heavy atom. The van der Waals surface area contributed by atoms with Gasteiger partial charge in [-0.3, -0.25) is 4.90 Å². The summed E-state index contributed by atoms with van der Waals surface area (Å²) in [6, 6.07) is 8.29. The molecular formula is C16H20N4O2S. The molecule has 6 nitrogen and oxygen atoms in total. The smallest absolute Gasteiger partial charge is 0.280 e. The predicted molar refractivity (Wildman–Crippen MR) is 90.9 cm³/mol. The molecule has 0 saturated carbocycles. The van der Waals surface area contributed by atoms with E-state index in [4.69, 9.17) is 6.42 Å². The van der Waals surface area contributed by atoms with Crippen LogP contribution in [0.5, 0.6) is 0 Å². The average molecular weight is 332 g/mol. The maximum Gasteiger partial charge on any atom is 0.280 e. The molecule has 0 bridgehead atoms. The highest BCUT2D eigenvalue weighted by Crippen LogP contribution is 2.20. The number of nitrogens with zero attached hydrogens (tertiary/aromatic N) is 2. The normalized spacial score (nSPS) is 17.3. The lowest BCUT2D eigenvalue weighted by atomic mass is 10.1. The molecule has 1 aliphatic heterocycles. The van der Waals surface area contributed by atoms with Crippen molar-refractivity contribution in [2.24, 2.45) is 0 Å². The lowest BCUT2D eigenvalue weighted by Crippen LogP contribution is -2.51. The molecule has 1 aromatic carbocycles. The van der Waals surface area contributed by atoms with Crippen molar-refractivity contribution in [2.45, 2.75) is 6.54 Å². The van der Waals surface area contributed by atoms with Crippen molar-refractivity contribution in [3.63, 3.8) is 0 Å². The van der Waals surface area contributed by atoms with Gasteiger partial charge in [-0.15, -0.1) is 6.42 Å². The summed E-state index contributed by atoms with van der Waals surface area (Å²) in [5.74, 6) is 2.29. The van der Waals surface area contributed by atoms with Gasteiger partial charge in [-0.25, -0.2) is 0 Å². The van der Waals surface area contributed by atoms with E-state index in [9.17, 15) is 8.42 Å². The molecule has 2 aromatic rings. The molecule has 0 atom stereocenters. The van der Waals surface area contributed by atoms with Crippen molar-refractivity contribution in [3.8, 4) is 12.3 Å². The molecule has 0 aliphatic carbocycles. The molecule has 0 spiro atoms. The monoisotopic (exact) mass is 332 g/mol. The molecule has 0 unspecified atom stereocenters. The third-order valence-electron chi connectivity index (χ3n) is 4.11. The van der Waals surface area contributed by atoms with Crippen molar-refractivity contribution in [2.75, 3.05) is 32.7 Å². The SMILES string of the molecule is C#CCNS(=O)(=O)N1CCN(Cc2cccc3[nH]ccc23)CC1. The van der Waals surface area contributed by atoms with E-state index in [2.05, 4.69) is 38.7 Å². The summed E-state index contributed by atoms with van der Waals surface area (Å²) in [5, 5.41) is 1.22. The largest absolute Gasteiger partial charge is 0.361 e. The first-order valence-electron chi connectivity index (χ1n) is 7.56. The van der Waals surface area contributed by atoms with Crippen molar-refractivity contribution >= 4 is 21.1 Å². The van der Waals surface area contributed by atoms with Crippen molar-refractivity contribution in [1.29, 1.82) is 0 Å². The fourth-order valence-corrected chi connectivity index (χ4v) is 3.97. The first-order chi connectivity index (χ1) is 11.1. The van der Waals surface area contributed by atoms with Gasteiger partial charge in [0, 0.05) is 49.8 Å². The Kier molecular flexibility index (Phi) is 4.68. The second-order valence-electron chi connectivity index (χ2n) is 5.56. The van der Waals surface area contributed by atoms with Crippen LogP contribution in [0, 0.1) is 12.3 Å².